The van der Waals surface area contributed by atoms with Gasteiger partial charge in [-0.3, -0.25) is 4.79 Å². The number of nitrogens with one attached hydrogen (secondary N) is 1. The summed E-state index contributed by atoms with van der Waals surface area (Å²) >= 11 is 0. The lowest BCUT2D eigenvalue weighted by Crippen LogP contribution is -2.41. The van der Waals surface area contributed by atoms with Crippen molar-refractivity contribution in [1.29, 1.82) is 0 Å². The summed E-state index contributed by atoms with van der Waals surface area (Å²) in [4.78, 5) is 21.6. The molecule has 1 rings (SSSR count). The fourth-order valence-corrected chi connectivity index (χ4v) is 1.79. The lowest BCUT2D eigenvalue weighted by Gasteiger charge is -2.17. The van der Waals surface area contributed by atoms with E-state index in [4.69, 9.17) is 9.84 Å². The quantitative estimate of drug-likeness (QED) is 0.717. The molecule has 0 bridgehead atoms. The van der Waals surface area contributed by atoms with Gasteiger partial charge in [-0.1, -0.05) is 0 Å². The van der Waals surface area contributed by atoms with Crippen LogP contribution in [0.5, 0.6) is 0 Å². The number of rotatable bonds is 4. The summed E-state index contributed by atoms with van der Waals surface area (Å²) in [7, 11) is 0. The van der Waals surface area contributed by atoms with E-state index in [1.54, 1.807) is 0 Å². The standard InChI is InChI=1S/C10H17NO4/c1-6-3-4-8(15-6)5-9(10(13)14)11-7(2)12/h6,8-9H,3-5H2,1-2H3,(H,11,12)(H,13,14). The Hall–Kier alpha value is -1.10. The minimum absolute atomic E-state index is 0.0482. The molecule has 1 saturated heterocycles. The van der Waals surface area contributed by atoms with E-state index in [-0.39, 0.29) is 18.1 Å². The molecule has 5 heteroatoms. The fraction of sp³-hybridized carbons (Fsp3) is 0.800. The van der Waals surface area contributed by atoms with Gasteiger partial charge in [-0.25, -0.2) is 4.79 Å². The number of ether oxygens (including phenoxy) is 1. The van der Waals surface area contributed by atoms with Crippen molar-refractivity contribution in [2.24, 2.45) is 0 Å². The normalized spacial score (nSPS) is 27.3. The van der Waals surface area contributed by atoms with Crippen LogP contribution in [0.2, 0.25) is 0 Å². The molecular weight excluding hydrogens is 198 g/mol. The number of carbonyl (C=O) groups excluding carboxylic acids is 1. The first-order chi connectivity index (χ1) is 6.99. The average Bonchev–Trinajstić information content (AvgIpc) is 2.49. The topological polar surface area (TPSA) is 75.6 Å². The largest absolute Gasteiger partial charge is 0.480 e. The SMILES string of the molecule is CC(=O)NC(CC1CCC(C)O1)C(=O)O. The fourth-order valence-electron chi connectivity index (χ4n) is 1.79. The first kappa shape index (κ1) is 12.0. The van der Waals surface area contributed by atoms with Gasteiger partial charge in [0.1, 0.15) is 6.04 Å². The molecule has 2 N–H and O–H groups in total. The monoisotopic (exact) mass is 215 g/mol. The van der Waals surface area contributed by atoms with Gasteiger partial charge in [0, 0.05) is 13.3 Å². The van der Waals surface area contributed by atoms with Crippen molar-refractivity contribution in [2.45, 2.75) is 51.4 Å². The molecule has 1 fully saturated rings. The number of carbonyl (C=O) groups is 2. The van der Waals surface area contributed by atoms with Crippen LogP contribution in [-0.2, 0) is 14.3 Å². The Bertz CT molecular complexity index is 254. The molecule has 0 aliphatic carbocycles. The predicted molar refractivity (Wildman–Crippen MR) is 53.4 cm³/mol. The summed E-state index contributed by atoms with van der Waals surface area (Å²) < 4.78 is 5.51. The third kappa shape index (κ3) is 3.87. The minimum Gasteiger partial charge on any atom is -0.480 e. The molecule has 0 radical (unpaired) electrons. The number of hydrogen-bond acceptors (Lipinski definition) is 3. The highest BCUT2D eigenvalue weighted by Gasteiger charge is 2.28. The molecular formula is C10H17NO4. The molecule has 1 heterocycles. The van der Waals surface area contributed by atoms with Gasteiger partial charge in [-0.2, -0.15) is 0 Å². The highest BCUT2D eigenvalue weighted by Crippen LogP contribution is 2.22. The molecule has 3 unspecified atom stereocenters. The third-order valence-corrected chi connectivity index (χ3v) is 2.49. The second-order valence-corrected chi connectivity index (χ2v) is 3.97. The van der Waals surface area contributed by atoms with Crippen molar-refractivity contribution in [1.82, 2.24) is 5.32 Å². The van der Waals surface area contributed by atoms with Crippen molar-refractivity contribution < 1.29 is 19.4 Å². The first-order valence-corrected chi connectivity index (χ1v) is 5.14. The van der Waals surface area contributed by atoms with Crippen LogP contribution in [0, 0.1) is 0 Å². The third-order valence-electron chi connectivity index (χ3n) is 2.49. The molecule has 5 nitrogen and oxygen atoms in total. The van der Waals surface area contributed by atoms with E-state index in [0.717, 1.165) is 12.8 Å². The van der Waals surface area contributed by atoms with Crippen molar-refractivity contribution in [3.05, 3.63) is 0 Å². The van der Waals surface area contributed by atoms with Crippen molar-refractivity contribution in [3.8, 4) is 0 Å². The highest BCUT2D eigenvalue weighted by atomic mass is 16.5. The summed E-state index contributed by atoms with van der Waals surface area (Å²) in [5.74, 6) is -1.33. The Morgan fingerprint density at radius 2 is 2.20 bits per heavy atom. The minimum atomic E-state index is -1.01. The van der Waals surface area contributed by atoms with Gasteiger partial charge < -0.3 is 15.2 Å². The molecule has 0 aromatic heterocycles. The second kappa shape index (κ2) is 5.11. The highest BCUT2D eigenvalue weighted by molar-refractivity contribution is 5.82. The Morgan fingerprint density at radius 3 is 2.60 bits per heavy atom. The van der Waals surface area contributed by atoms with Crippen LogP contribution >= 0.6 is 0 Å². The molecule has 1 aliphatic heterocycles. The second-order valence-electron chi connectivity index (χ2n) is 3.97. The van der Waals surface area contributed by atoms with Crippen molar-refractivity contribution >= 4 is 11.9 Å². The summed E-state index contributed by atoms with van der Waals surface area (Å²) in [6.07, 6.45) is 2.32. The van der Waals surface area contributed by atoms with Crippen LogP contribution in [-0.4, -0.2) is 35.2 Å². The Kier molecular flexibility index (Phi) is 4.08. The molecule has 0 saturated carbocycles. The summed E-state index contributed by atoms with van der Waals surface area (Å²) in [5.41, 5.74) is 0. The van der Waals surface area contributed by atoms with Crippen LogP contribution in [0.15, 0.2) is 0 Å². The van der Waals surface area contributed by atoms with E-state index in [0.29, 0.717) is 6.42 Å². The van der Waals surface area contributed by atoms with E-state index in [2.05, 4.69) is 5.32 Å². The van der Waals surface area contributed by atoms with Crippen LogP contribution in [0.25, 0.3) is 0 Å². The summed E-state index contributed by atoms with van der Waals surface area (Å²) in [5, 5.41) is 11.3. The van der Waals surface area contributed by atoms with Crippen molar-refractivity contribution in [2.75, 3.05) is 0 Å². The first-order valence-electron chi connectivity index (χ1n) is 5.14. The molecule has 0 aromatic carbocycles. The van der Waals surface area contributed by atoms with Crippen LogP contribution in [0.1, 0.15) is 33.1 Å². The summed E-state index contributed by atoms with van der Waals surface area (Å²) in [6, 6.07) is -0.835. The summed E-state index contributed by atoms with van der Waals surface area (Å²) in [6.45, 7) is 3.28. The zero-order chi connectivity index (χ0) is 11.4. The van der Waals surface area contributed by atoms with E-state index in [9.17, 15) is 9.59 Å². The molecule has 3 atom stereocenters. The number of hydrogen-bond donors (Lipinski definition) is 2. The molecule has 15 heavy (non-hydrogen) atoms. The maximum Gasteiger partial charge on any atom is 0.326 e. The van der Waals surface area contributed by atoms with Crippen LogP contribution in [0.3, 0.4) is 0 Å². The molecule has 86 valence electrons. The van der Waals surface area contributed by atoms with E-state index >= 15 is 0 Å². The maximum absolute atomic E-state index is 10.8. The lowest BCUT2D eigenvalue weighted by molar-refractivity contribution is -0.142. The van der Waals surface area contributed by atoms with Gasteiger partial charge in [-0.05, 0) is 19.8 Å². The van der Waals surface area contributed by atoms with Gasteiger partial charge in [0.15, 0.2) is 0 Å². The Balaban J connectivity index is 2.44. The maximum atomic E-state index is 10.8. The Labute approximate surface area is 88.8 Å². The predicted octanol–water partition coefficient (Wildman–Crippen LogP) is 0.533. The molecule has 1 aliphatic rings. The van der Waals surface area contributed by atoms with Crippen LogP contribution < -0.4 is 5.32 Å². The van der Waals surface area contributed by atoms with Gasteiger partial charge in [0.25, 0.3) is 0 Å². The van der Waals surface area contributed by atoms with Gasteiger partial charge in [0.2, 0.25) is 5.91 Å². The zero-order valence-electron chi connectivity index (χ0n) is 9.03. The molecule has 1 amide bonds. The van der Waals surface area contributed by atoms with E-state index in [1.807, 2.05) is 6.92 Å². The van der Waals surface area contributed by atoms with Crippen molar-refractivity contribution in [3.63, 3.8) is 0 Å². The van der Waals surface area contributed by atoms with Gasteiger partial charge in [0.05, 0.1) is 12.2 Å². The molecule has 0 aromatic rings. The lowest BCUT2D eigenvalue weighted by atomic mass is 10.1. The van der Waals surface area contributed by atoms with E-state index < -0.39 is 12.0 Å². The van der Waals surface area contributed by atoms with E-state index in [1.165, 1.54) is 6.92 Å². The van der Waals surface area contributed by atoms with Gasteiger partial charge in [-0.15, -0.1) is 0 Å². The Morgan fingerprint density at radius 1 is 1.53 bits per heavy atom. The molecule has 0 spiro atoms. The number of carboxylic acid groups (broad SMARTS) is 1. The number of aliphatic carboxylic acids is 1. The smallest absolute Gasteiger partial charge is 0.326 e. The van der Waals surface area contributed by atoms with Crippen LogP contribution in [0.4, 0.5) is 0 Å². The number of carboxylic acids is 1. The van der Waals surface area contributed by atoms with Gasteiger partial charge >= 0.3 is 5.97 Å². The number of amides is 1. The average molecular weight is 215 g/mol. The zero-order valence-corrected chi connectivity index (χ0v) is 9.03.